The second kappa shape index (κ2) is 8.46. The van der Waals surface area contributed by atoms with Crippen LogP contribution < -0.4 is 0 Å². The van der Waals surface area contributed by atoms with E-state index in [1.165, 1.54) is 11.0 Å². The molecule has 0 unspecified atom stereocenters. The number of amides is 4. The van der Waals surface area contributed by atoms with Crippen molar-refractivity contribution >= 4 is 23.6 Å². The maximum absolute atomic E-state index is 13.2. The van der Waals surface area contributed by atoms with Crippen molar-refractivity contribution in [3.05, 3.63) is 70.3 Å². The van der Waals surface area contributed by atoms with Crippen LogP contribution in [0.25, 0.3) is 0 Å². The molecule has 7 heteroatoms. The van der Waals surface area contributed by atoms with Gasteiger partial charge in [-0.15, -0.1) is 0 Å². The highest BCUT2D eigenvalue weighted by molar-refractivity contribution is 6.22. The first kappa shape index (κ1) is 22.7. The molecule has 0 N–H and O–H groups in total. The second-order valence-electron chi connectivity index (χ2n) is 9.68. The molecule has 0 atom stereocenters. The molecule has 4 rings (SSSR count). The third-order valence-electron chi connectivity index (χ3n) is 6.17. The Bertz CT molecular complexity index is 1130. The molecule has 33 heavy (non-hydrogen) atoms. The van der Waals surface area contributed by atoms with E-state index in [-0.39, 0.29) is 29.2 Å². The van der Waals surface area contributed by atoms with Gasteiger partial charge >= 0.3 is 0 Å². The summed E-state index contributed by atoms with van der Waals surface area (Å²) in [6.45, 7) is 9.35. The standard InChI is InChI=1S/C26H29N3O4/c1-17-6-8-18(9-7-17)22(30)27-12-5-13-28(15-14-27)23(31)19-10-11-20-21(16-19)25(33)29(24(20)32)26(2,3)4/h6-11,16H,5,12-15H2,1-4H3. The molecule has 0 bridgehead atoms. The van der Waals surface area contributed by atoms with Crippen LogP contribution in [0.2, 0.25) is 0 Å². The van der Waals surface area contributed by atoms with Gasteiger partial charge < -0.3 is 9.80 Å². The Labute approximate surface area is 194 Å². The van der Waals surface area contributed by atoms with Crippen molar-refractivity contribution in [2.75, 3.05) is 26.2 Å². The SMILES string of the molecule is Cc1ccc(C(=O)N2CCCN(C(=O)c3ccc4c(c3)C(=O)N(C(C)(C)C)C4=O)CC2)cc1. The Kier molecular flexibility index (Phi) is 5.82. The van der Waals surface area contributed by atoms with Crippen LogP contribution in [0.4, 0.5) is 0 Å². The van der Waals surface area contributed by atoms with Gasteiger partial charge in [-0.25, -0.2) is 0 Å². The van der Waals surface area contributed by atoms with E-state index in [1.807, 2.05) is 52.0 Å². The van der Waals surface area contributed by atoms with Gasteiger partial charge in [0, 0.05) is 42.8 Å². The molecule has 2 aliphatic rings. The Morgan fingerprint density at radius 3 is 1.82 bits per heavy atom. The highest BCUT2D eigenvalue weighted by atomic mass is 16.2. The molecule has 2 aliphatic heterocycles. The topological polar surface area (TPSA) is 78.0 Å². The predicted molar refractivity (Wildman–Crippen MR) is 124 cm³/mol. The zero-order chi connectivity index (χ0) is 23.9. The van der Waals surface area contributed by atoms with Crippen LogP contribution in [0.3, 0.4) is 0 Å². The molecular formula is C26H29N3O4. The van der Waals surface area contributed by atoms with Crippen LogP contribution in [-0.2, 0) is 0 Å². The minimum atomic E-state index is -0.643. The van der Waals surface area contributed by atoms with Crippen LogP contribution in [0, 0.1) is 6.92 Å². The molecule has 0 saturated carbocycles. The Hall–Kier alpha value is -3.48. The van der Waals surface area contributed by atoms with Gasteiger partial charge in [-0.2, -0.15) is 0 Å². The molecule has 0 aromatic heterocycles. The van der Waals surface area contributed by atoms with E-state index in [2.05, 4.69) is 0 Å². The fourth-order valence-corrected chi connectivity index (χ4v) is 4.37. The number of nitrogens with zero attached hydrogens (tertiary/aromatic N) is 3. The molecule has 0 radical (unpaired) electrons. The van der Waals surface area contributed by atoms with Crippen molar-refractivity contribution in [3.8, 4) is 0 Å². The molecular weight excluding hydrogens is 418 g/mol. The maximum atomic E-state index is 13.2. The first-order valence-electron chi connectivity index (χ1n) is 11.3. The number of rotatable bonds is 2. The summed E-state index contributed by atoms with van der Waals surface area (Å²) in [7, 11) is 0. The fraction of sp³-hybridized carbons (Fsp3) is 0.385. The summed E-state index contributed by atoms with van der Waals surface area (Å²) in [5.41, 5.74) is 2.08. The van der Waals surface area contributed by atoms with E-state index >= 15 is 0 Å². The summed E-state index contributed by atoms with van der Waals surface area (Å²) in [4.78, 5) is 56.4. The number of aryl methyl sites for hydroxylation is 1. The number of hydrogen-bond donors (Lipinski definition) is 0. The van der Waals surface area contributed by atoms with Gasteiger partial charge in [0.1, 0.15) is 0 Å². The predicted octanol–water partition coefficient (Wildman–Crippen LogP) is 3.38. The molecule has 0 spiro atoms. The van der Waals surface area contributed by atoms with Crippen LogP contribution >= 0.6 is 0 Å². The molecule has 0 aliphatic carbocycles. The van der Waals surface area contributed by atoms with Gasteiger partial charge in [0.2, 0.25) is 0 Å². The van der Waals surface area contributed by atoms with Crippen molar-refractivity contribution in [2.45, 2.75) is 39.7 Å². The van der Waals surface area contributed by atoms with Gasteiger partial charge in [0.05, 0.1) is 11.1 Å². The first-order valence-corrected chi connectivity index (χ1v) is 11.3. The number of hydrogen-bond acceptors (Lipinski definition) is 4. The van der Waals surface area contributed by atoms with Crippen LogP contribution in [0.15, 0.2) is 42.5 Å². The van der Waals surface area contributed by atoms with E-state index < -0.39 is 5.54 Å². The molecule has 1 fully saturated rings. The average molecular weight is 448 g/mol. The van der Waals surface area contributed by atoms with Crippen molar-refractivity contribution < 1.29 is 19.2 Å². The van der Waals surface area contributed by atoms with E-state index in [1.54, 1.807) is 21.9 Å². The lowest BCUT2D eigenvalue weighted by Crippen LogP contribution is -2.45. The van der Waals surface area contributed by atoms with E-state index in [9.17, 15) is 19.2 Å². The zero-order valence-electron chi connectivity index (χ0n) is 19.6. The van der Waals surface area contributed by atoms with E-state index in [4.69, 9.17) is 0 Å². The lowest BCUT2D eigenvalue weighted by Gasteiger charge is -2.29. The van der Waals surface area contributed by atoms with Gasteiger partial charge in [0.15, 0.2) is 0 Å². The number of fused-ring (bicyclic) bond motifs is 1. The highest BCUT2D eigenvalue weighted by Crippen LogP contribution is 2.30. The van der Waals surface area contributed by atoms with Gasteiger partial charge in [-0.3, -0.25) is 24.1 Å². The lowest BCUT2D eigenvalue weighted by molar-refractivity contribution is 0.0507. The number of carbonyl (C=O) groups is 4. The van der Waals surface area contributed by atoms with E-state index in [0.717, 1.165) is 5.56 Å². The number of carbonyl (C=O) groups excluding carboxylic acids is 4. The molecule has 2 heterocycles. The van der Waals surface area contributed by atoms with E-state index in [0.29, 0.717) is 49.3 Å². The Morgan fingerprint density at radius 1 is 0.727 bits per heavy atom. The summed E-state index contributed by atoms with van der Waals surface area (Å²) in [5.74, 6) is -0.936. The Morgan fingerprint density at radius 2 is 1.24 bits per heavy atom. The maximum Gasteiger partial charge on any atom is 0.262 e. The van der Waals surface area contributed by atoms with Crippen LogP contribution in [0.1, 0.15) is 74.2 Å². The van der Waals surface area contributed by atoms with Crippen molar-refractivity contribution in [3.63, 3.8) is 0 Å². The quantitative estimate of drug-likeness (QED) is 0.662. The van der Waals surface area contributed by atoms with Gasteiger partial charge in [-0.05, 0) is 64.4 Å². The molecule has 4 amide bonds. The smallest absolute Gasteiger partial charge is 0.262 e. The molecule has 1 saturated heterocycles. The molecule has 7 nitrogen and oxygen atoms in total. The summed E-state index contributed by atoms with van der Waals surface area (Å²) < 4.78 is 0. The number of benzene rings is 2. The first-order chi connectivity index (χ1) is 15.6. The molecule has 2 aromatic rings. The average Bonchev–Trinajstić information content (AvgIpc) is 2.93. The third kappa shape index (κ3) is 4.27. The van der Waals surface area contributed by atoms with Crippen molar-refractivity contribution in [1.29, 1.82) is 0 Å². The molecule has 2 aromatic carbocycles. The lowest BCUT2D eigenvalue weighted by atomic mass is 10.0. The summed E-state index contributed by atoms with van der Waals surface area (Å²) in [6, 6.07) is 12.2. The molecule has 172 valence electrons. The Balaban J connectivity index is 1.48. The van der Waals surface area contributed by atoms with Crippen molar-refractivity contribution in [2.24, 2.45) is 0 Å². The normalized spacial score (nSPS) is 16.7. The van der Waals surface area contributed by atoms with Gasteiger partial charge in [0.25, 0.3) is 23.6 Å². The van der Waals surface area contributed by atoms with Gasteiger partial charge in [-0.1, -0.05) is 17.7 Å². The largest absolute Gasteiger partial charge is 0.337 e. The monoisotopic (exact) mass is 447 g/mol. The van der Waals surface area contributed by atoms with Crippen LogP contribution in [0.5, 0.6) is 0 Å². The third-order valence-corrected chi connectivity index (χ3v) is 6.17. The summed E-state index contributed by atoms with van der Waals surface area (Å²) >= 11 is 0. The summed E-state index contributed by atoms with van der Waals surface area (Å²) in [6.07, 6.45) is 0.670. The van der Waals surface area contributed by atoms with Crippen molar-refractivity contribution in [1.82, 2.24) is 14.7 Å². The summed E-state index contributed by atoms with van der Waals surface area (Å²) in [5, 5.41) is 0. The fourth-order valence-electron chi connectivity index (χ4n) is 4.37. The number of imide groups is 1. The minimum absolute atomic E-state index is 0.0341. The highest BCUT2D eigenvalue weighted by Gasteiger charge is 2.42. The minimum Gasteiger partial charge on any atom is -0.337 e. The second-order valence-corrected chi connectivity index (χ2v) is 9.68. The van der Waals surface area contributed by atoms with Crippen LogP contribution in [-0.4, -0.2) is 70.0 Å². The zero-order valence-corrected chi connectivity index (χ0v) is 19.6.